The highest BCUT2D eigenvalue weighted by Crippen LogP contribution is 2.60. The molecule has 22 heavy (non-hydrogen) atoms. The SMILES string of the molecule is CC1=C(C)CC2=C(C1)C(=O)[C@@H]1CC(C)=C(C)C[C@]21SC(C)C. The molecule has 0 spiro atoms. The summed E-state index contributed by atoms with van der Waals surface area (Å²) in [4.78, 5) is 13.1. The summed E-state index contributed by atoms with van der Waals surface area (Å²) in [6.07, 6.45) is 3.96. The van der Waals surface area contributed by atoms with Gasteiger partial charge in [-0.3, -0.25) is 4.79 Å². The molecule has 2 heteroatoms. The summed E-state index contributed by atoms with van der Waals surface area (Å²) in [6, 6.07) is 0. The fraction of sp³-hybridized carbons (Fsp3) is 0.650. The van der Waals surface area contributed by atoms with Gasteiger partial charge in [0.25, 0.3) is 0 Å². The van der Waals surface area contributed by atoms with Crippen LogP contribution in [-0.2, 0) is 4.79 Å². The molecule has 0 bridgehead atoms. The van der Waals surface area contributed by atoms with E-state index in [1.54, 1.807) is 0 Å². The Balaban J connectivity index is 2.11. The summed E-state index contributed by atoms with van der Waals surface area (Å²) >= 11 is 2.06. The standard InChI is InChI=1S/C20H28OS/c1-11(2)22-20-10-15(6)14(5)9-18(20)19(21)16-7-12(3)13(4)8-17(16)20/h11,18H,7-10H2,1-6H3/t18-,20-/m0/s1. The number of thioether (sulfide) groups is 1. The molecule has 3 aliphatic rings. The highest BCUT2D eigenvalue weighted by atomic mass is 32.2. The molecular weight excluding hydrogens is 288 g/mol. The van der Waals surface area contributed by atoms with E-state index in [-0.39, 0.29) is 10.7 Å². The third-order valence-electron chi connectivity index (χ3n) is 5.88. The molecule has 0 amide bonds. The van der Waals surface area contributed by atoms with Crippen molar-refractivity contribution in [3.05, 3.63) is 33.4 Å². The van der Waals surface area contributed by atoms with Crippen LogP contribution in [0.3, 0.4) is 0 Å². The number of carbonyl (C=O) groups is 1. The van der Waals surface area contributed by atoms with E-state index in [0.29, 0.717) is 11.0 Å². The zero-order valence-electron chi connectivity index (χ0n) is 14.8. The van der Waals surface area contributed by atoms with Crippen LogP contribution in [0.25, 0.3) is 0 Å². The number of rotatable bonds is 2. The Hall–Kier alpha value is -0.760. The Morgan fingerprint density at radius 1 is 1.00 bits per heavy atom. The first-order valence-corrected chi connectivity index (χ1v) is 9.39. The summed E-state index contributed by atoms with van der Waals surface area (Å²) in [6.45, 7) is 13.5. The van der Waals surface area contributed by atoms with Gasteiger partial charge in [0.05, 0.1) is 4.75 Å². The molecule has 0 aliphatic heterocycles. The van der Waals surface area contributed by atoms with Gasteiger partial charge in [-0.15, -0.1) is 11.8 Å². The molecule has 2 atom stereocenters. The molecular formula is C20H28OS. The third kappa shape index (κ3) is 2.26. The van der Waals surface area contributed by atoms with E-state index < -0.39 is 0 Å². The zero-order chi connectivity index (χ0) is 16.2. The summed E-state index contributed by atoms with van der Waals surface area (Å²) in [5, 5.41) is 0.556. The molecule has 0 heterocycles. The average molecular weight is 317 g/mol. The van der Waals surface area contributed by atoms with Gasteiger partial charge in [0.2, 0.25) is 0 Å². The van der Waals surface area contributed by atoms with Gasteiger partial charge in [0, 0.05) is 11.5 Å². The van der Waals surface area contributed by atoms with Crippen LogP contribution in [0.2, 0.25) is 0 Å². The first kappa shape index (κ1) is 16.1. The largest absolute Gasteiger partial charge is 0.294 e. The number of ketones is 1. The molecule has 0 fully saturated rings. The molecule has 3 rings (SSSR count). The fourth-order valence-electron chi connectivity index (χ4n) is 4.45. The highest BCUT2D eigenvalue weighted by Gasteiger charge is 2.55. The van der Waals surface area contributed by atoms with E-state index in [9.17, 15) is 4.79 Å². The van der Waals surface area contributed by atoms with Crippen molar-refractivity contribution in [2.45, 2.75) is 77.2 Å². The Morgan fingerprint density at radius 2 is 1.64 bits per heavy atom. The number of carbonyl (C=O) groups excluding carboxylic acids is 1. The first-order valence-electron chi connectivity index (χ1n) is 8.51. The second-order valence-corrected chi connectivity index (χ2v) is 9.69. The van der Waals surface area contributed by atoms with Crippen LogP contribution in [0.1, 0.15) is 67.2 Å². The Labute approximate surface area is 139 Å². The van der Waals surface area contributed by atoms with Crippen molar-refractivity contribution in [1.29, 1.82) is 0 Å². The average Bonchev–Trinajstić information content (AvgIpc) is 2.62. The van der Waals surface area contributed by atoms with Gasteiger partial charge in [-0.05, 0) is 64.2 Å². The monoisotopic (exact) mass is 316 g/mol. The van der Waals surface area contributed by atoms with E-state index >= 15 is 0 Å². The topological polar surface area (TPSA) is 17.1 Å². The van der Waals surface area contributed by atoms with Gasteiger partial charge in [0.1, 0.15) is 0 Å². The lowest BCUT2D eigenvalue weighted by atomic mass is 9.73. The van der Waals surface area contributed by atoms with Crippen LogP contribution in [0, 0.1) is 5.92 Å². The van der Waals surface area contributed by atoms with Gasteiger partial charge in [-0.25, -0.2) is 0 Å². The molecule has 0 N–H and O–H groups in total. The van der Waals surface area contributed by atoms with Crippen molar-refractivity contribution >= 4 is 17.5 Å². The van der Waals surface area contributed by atoms with Crippen LogP contribution in [0.5, 0.6) is 0 Å². The van der Waals surface area contributed by atoms with Crippen LogP contribution in [0.15, 0.2) is 33.4 Å². The van der Waals surface area contributed by atoms with Crippen molar-refractivity contribution in [3.8, 4) is 0 Å². The van der Waals surface area contributed by atoms with Crippen LogP contribution in [-0.4, -0.2) is 15.8 Å². The number of hydrogen-bond acceptors (Lipinski definition) is 2. The quantitative estimate of drug-likeness (QED) is 0.615. The minimum absolute atomic E-state index is 0.0478. The van der Waals surface area contributed by atoms with Crippen molar-refractivity contribution in [3.63, 3.8) is 0 Å². The molecule has 0 saturated heterocycles. The van der Waals surface area contributed by atoms with Gasteiger partial charge < -0.3 is 0 Å². The minimum atomic E-state index is 0.0478. The van der Waals surface area contributed by atoms with Crippen LogP contribution >= 0.6 is 11.8 Å². The lowest BCUT2D eigenvalue weighted by Crippen LogP contribution is -2.40. The van der Waals surface area contributed by atoms with Crippen molar-refractivity contribution in [2.75, 3.05) is 0 Å². The first-order chi connectivity index (χ1) is 10.3. The van der Waals surface area contributed by atoms with Crippen LogP contribution in [0.4, 0.5) is 0 Å². The third-order valence-corrected chi connectivity index (χ3v) is 7.44. The fourth-order valence-corrected chi connectivity index (χ4v) is 6.28. The van der Waals surface area contributed by atoms with Gasteiger partial charge in [-0.1, -0.05) is 36.1 Å². The maximum atomic E-state index is 13.1. The second-order valence-electron chi connectivity index (χ2n) is 7.79. The molecule has 0 radical (unpaired) electrons. The van der Waals surface area contributed by atoms with Crippen molar-refractivity contribution in [1.82, 2.24) is 0 Å². The maximum Gasteiger partial charge on any atom is 0.164 e. The summed E-state index contributed by atoms with van der Waals surface area (Å²) in [7, 11) is 0. The van der Waals surface area contributed by atoms with Gasteiger partial charge in [-0.2, -0.15) is 0 Å². The summed E-state index contributed by atoms with van der Waals surface area (Å²) in [5.41, 5.74) is 8.51. The smallest absolute Gasteiger partial charge is 0.164 e. The minimum Gasteiger partial charge on any atom is -0.294 e. The Bertz CT molecular complexity index is 632. The number of fused-ring (bicyclic) bond motifs is 2. The van der Waals surface area contributed by atoms with Crippen molar-refractivity contribution < 1.29 is 4.79 Å². The molecule has 0 aromatic rings. The molecule has 3 aliphatic carbocycles. The molecule has 0 saturated carbocycles. The number of Topliss-reactive ketones (excluding diaryl/α,β-unsaturated/α-hetero) is 1. The van der Waals surface area contributed by atoms with E-state index in [1.165, 1.54) is 33.4 Å². The second kappa shape index (κ2) is 5.40. The molecule has 1 nitrogen and oxygen atoms in total. The summed E-state index contributed by atoms with van der Waals surface area (Å²) in [5.74, 6) is 0.647. The van der Waals surface area contributed by atoms with Gasteiger partial charge in [0.15, 0.2) is 5.78 Å². The zero-order valence-corrected chi connectivity index (χ0v) is 15.6. The normalized spacial score (nSPS) is 32.1. The molecule has 0 unspecified atom stereocenters. The predicted octanol–water partition coefficient (Wildman–Crippen LogP) is 5.62. The van der Waals surface area contributed by atoms with E-state index in [2.05, 4.69) is 53.3 Å². The van der Waals surface area contributed by atoms with Crippen molar-refractivity contribution in [2.24, 2.45) is 5.92 Å². The highest BCUT2D eigenvalue weighted by molar-refractivity contribution is 8.01. The Kier molecular flexibility index (Phi) is 3.96. The number of allylic oxidation sites excluding steroid dienone is 5. The maximum absolute atomic E-state index is 13.1. The Morgan fingerprint density at radius 3 is 2.27 bits per heavy atom. The van der Waals surface area contributed by atoms with Gasteiger partial charge >= 0.3 is 0 Å². The lowest BCUT2D eigenvalue weighted by Gasteiger charge is -2.43. The molecule has 0 aromatic carbocycles. The predicted molar refractivity (Wildman–Crippen MR) is 96.2 cm³/mol. The van der Waals surface area contributed by atoms with Crippen LogP contribution < -0.4 is 0 Å². The summed E-state index contributed by atoms with van der Waals surface area (Å²) < 4.78 is 0.0478. The molecule has 120 valence electrons. The van der Waals surface area contributed by atoms with E-state index in [1.807, 2.05) is 0 Å². The van der Waals surface area contributed by atoms with E-state index in [0.717, 1.165) is 25.7 Å². The van der Waals surface area contributed by atoms with E-state index in [4.69, 9.17) is 0 Å². The molecule has 0 aromatic heterocycles. The lowest BCUT2D eigenvalue weighted by molar-refractivity contribution is -0.119. The number of hydrogen-bond donors (Lipinski definition) is 0.